The van der Waals surface area contributed by atoms with E-state index in [9.17, 15) is 25.0 Å². The van der Waals surface area contributed by atoms with Crippen molar-refractivity contribution in [3.63, 3.8) is 0 Å². The fraction of sp³-hybridized carbons (Fsp3) is 0.327. The Kier molecular flexibility index (Phi) is 14.9. The average molecular weight is 1020 g/mol. The number of nitro groups is 2. The van der Waals surface area contributed by atoms with E-state index >= 15 is 0 Å². The molecule has 2 aliphatic heterocycles. The number of methoxy groups -OCH3 is 2. The number of rotatable bonds is 14. The molecule has 0 unspecified atom stereocenters. The number of aromatic nitrogens is 8. The number of hydrogen-bond donors (Lipinski definition) is 3. The normalized spacial score (nSPS) is 14.0. The molecule has 23 heteroatoms. The number of carbonyl (C=O) groups excluding carboxylic acids is 1. The van der Waals surface area contributed by atoms with Gasteiger partial charge in [-0.1, -0.05) is 12.1 Å². The highest BCUT2D eigenvalue weighted by atomic mass is 16.6. The van der Waals surface area contributed by atoms with Crippen LogP contribution >= 0.6 is 0 Å². The van der Waals surface area contributed by atoms with E-state index in [1.54, 1.807) is 54.1 Å². The van der Waals surface area contributed by atoms with Gasteiger partial charge in [-0.05, 0) is 63.0 Å². The molecule has 388 valence electrons. The number of fused-ring (bicyclic) bond motifs is 2. The maximum atomic E-state index is 12.1. The van der Waals surface area contributed by atoms with Crippen molar-refractivity contribution in [2.45, 2.75) is 44.7 Å². The second-order valence-electron chi connectivity index (χ2n) is 18.4. The molecule has 75 heavy (non-hydrogen) atoms. The van der Waals surface area contributed by atoms with E-state index in [0.717, 1.165) is 71.7 Å². The minimum absolute atomic E-state index is 0.00985. The molecule has 1 amide bonds. The summed E-state index contributed by atoms with van der Waals surface area (Å²) in [4.78, 5) is 58.3. The van der Waals surface area contributed by atoms with E-state index < -0.39 is 4.92 Å². The van der Waals surface area contributed by atoms with E-state index in [0.29, 0.717) is 70.4 Å². The predicted molar refractivity (Wildman–Crippen MR) is 287 cm³/mol. The topological polar surface area (TPSA) is 255 Å². The fourth-order valence-corrected chi connectivity index (χ4v) is 9.75. The molecule has 0 aliphatic carbocycles. The monoisotopic (exact) mass is 1020 g/mol. The minimum atomic E-state index is -0.393. The second kappa shape index (κ2) is 22.0. The average Bonchev–Trinajstić information content (AvgIpc) is 4.00. The lowest BCUT2D eigenvalue weighted by molar-refractivity contribution is -0.384. The smallest absolute Gasteiger partial charge is 0.294 e. The van der Waals surface area contributed by atoms with Gasteiger partial charge in [-0.15, -0.1) is 0 Å². The van der Waals surface area contributed by atoms with Gasteiger partial charge >= 0.3 is 0 Å². The third-order valence-corrected chi connectivity index (χ3v) is 14.0. The van der Waals surface area contributed by atoms with E-state index in [1.807, 2.05) is 85.3 Å². The number of likely N-dealkylation sites (tertiary alicyclic amines) is 1. The number of nitro benzene ring substituents is 2. The van der Waals surface area contributed by atoms with Crippen molar-refractivity contribution in [1.82, 2.24) is 49.7 Å². The molecule has 3 N–H and O–H groups in total. The molecule has 0 spiro atoms. The van der Waals surface area contributed by atoms with Crippen LogP contribution in [0.25, 0.3) is 44.3 Å². The number of nitrogens with one attached hydrogen (secondary N) is 3. The van der Waals surface area contributed by atoms with Crippen molar-refractivity contribution < 1.29 is 24.1 Å². The van der Waals surface area contributed by atoms with Gasteiger partial charge in [0.15, 0.2) is 0 Å². The summed E-state index contributed by atoms with van der Waals surface area (Å²) in [5.74, 6) is 1.95. The lowest BCUT2D eigenvalue weighted by Gasteiger charge is -2.37. The van der Waals surface area contributed by atoms with Crippen LogP contribution in [-0.2, 0) is 18.9 Å². The first-order valence-corrected chi connectivity index (χ1v) is 24.4. The zero-order valence-corrected chi connectivity index (χ0v) is 42.7. The van der Waals surface area contributed by atoms with Crippen molar-refractivity contribution >= 4 is 73.5 Å². The van der Waals surface area contributed by atoms with Crippen LogP contribution < -0.4 is 35.2 Å². The summed E-state index contributed by atoms with van der Waals surface area (Å²) < 4.78 is 14.9. The first-order valence-electron chi connectivity index (χ1n) is 24.4. The zero-order valence-electron chi connectivity index (χ0n) is 42.7. The van der Waals surface area contributed by atoms with Crippen LogP contribution in [0.3, 0.4) is 0 Å². The summed E-state index contributed by atoms with van der Waals surface area (Å²) >= 11 is 0. The number of nitrogens with zero attached hydrogens (tertiary/aromatic N) is 13. The standard InChI is InChI=1S/C27H30N8O4.C25H28N8O3/c1-17(36)34-9-7-20(8-10-34)32(2)24-14-26(39-4)22(12-25(24)35(37)38)31-27-13-21(28-16-29-27)18-5-6-23-19(11-18)15-30-33(23)3;1-31(18-6-8-26-9-7-18)22-13-24(36-3)20(11-23(22)33(34)35)30-25-12-19(27-15-28-25)16-4-5-21-17(10-16)14-29-32(21)2/h5-6,11-16,20H,7-10H2,1-4H3,(H,28,29,31);4-5,10-15,18,26H,6-9H2,1-3H3,(H,27,28,30). The SMILES string of the molecule is COc1cc(N(C)C2CCN(C(C)=O)CC2)c([N+](=O)[O-])cc1Nc1cc(-c2ccc3c(cnn3C)c2)ncn1.COc1cc(N(C)C2CCNCC2)c([N+](=O)[O-])cc1Nc1cc(-c2ccc3c(cnn3C)c2)ncn1. The van der Waals surface area contributed by atoms with Gasteiger partial charge in [-0.3, -0.25) is 34.4 Å². The summed E-state index contributed by atoms with van der Waals surface area (Å²) in [7, 11) is 10.6. The number of anilines is 6. The molecule has 4 aromatic carbocycles. The van der Waals surface area contributed by atoms with E-state index in [2.05, 4.69) is 46.1 Å². The van der Waals surface area contributed by atoms with Gasteiger partial charge < -0.3 is 40.1 Å². The largest absolute Gasteiger partial charge is 0.494 e. The molecule has 0 saturated carbocycles. The zero-order chi connectivity index (χ0) is 52.9. The molecule has 23 nitrogen and oxygen atoms in total. The first-order chi connectivity index (χ1) is 36.2. The Morgan fingerprint density at radius 3 is 1.51 bits per heavy atom. The third kappa shape index (κ3) is 11.0. The molecular formula is C52H58N16O7. The molecule has 10 rings (SSSR count). The van der Waals surface area contributed by atoms with Gasteiger partial charge in [0.1, 0.15) is 47.2 Å². The number of piperidine rings is 2. The lowest BCUT2D eigenvalue weighted by Crippen LogP contribution is -2.45. The Balaban J connectivity index is 0.000000184. The number of ether oxygens (including phenoxy) is 2. The van der Waals surface area contributed by atoms with Crippen LogP contribution in [0.15, 0.2) is 97.8 Å². The molecule has 0 atom stereocenters. The number of benzene rings is 4. The van der Waals surface area contributed by atoms with Gasteiger partial charge in [0, 0.05) is 119 Å². The Morgan fingerprint density at radius 1 is 0.653 bits per heavy atom. The summed E-state index contributed by atoms with van der Waals surface area (Å²) in [6.07, 6.45) is 9.82. The Labute approximate surface area is 431 Å². The van der Waals surface area contributed by atoms with Crippen molar-refractivity contribution in [2.75, 3.05) is 74.9 Å². The van der Waals surface area contributed by atoms with Crippen LogP contribution in [0.2, 0.25) is 0 Å². The maximum Gasteiger partial charge on any atom is 0.294 e. The number of aryl methyl sites for hydroxylation is 2. The van der Waals surface area contributed by atoms with E-state index in [4.69, 9.17) is 9.47 Å². The number of amides is 1. The highest BCUT2D eigenvalue weighted by Crippen LogP contribution is 2.42. The van der Waals surface area contributed by atoms with Gasteiger partial charge in [-0.25, -0.2) is 19.9 Å². The van der Waals surface area contributed by atoms with Gasteiger partial charge in [0.2, 0.25) is 5.91 Å². The van der Waals surface area contributed by atoms with Gasteiger partial charge in [0.25, 0.3) is 11.4 Å². The molecular weight excluding hydrogens is 961 g/mol. The maximum absolute atomic E-state index is 12.1. The third-order valence-electron chi connectivity index (χ3n) is 14.0. The molecule has 4 aromatic heterocycles. The van der Waals surface area contributed by atoms with Crippen LogP contribution in [0.4, 0.5) is 45.8 Å². The highest BCUT2D eigenvalue weighted by Gasteiger charge is 2.30. The minimum Gasteiger partial charge on any atom is -0.494 e. The summed E-state index contributed by atoms with van der Waals surface area (Å²) in [5.41, 5.74) is 7.08. The van der Waals surface area contributed by atoms with Crippen molar-refractivity contribution in [1.29, 1.82) is 0 Å². The van der Waals surface area contributed by atoms with E-state index in [-0.39, 0.29) is 34.3 Å². The van der Waals surface area contributed by atoms with Crippen LogP contribution in [0.1, 0.15) is 32.6 Å². The summed E-state index contributed by atoms with van der Waals surface area (Å²) in [6.45, 7) is 4.59. The number of carbonyl (C=O) groups is 1. The molecule has 0 radical (unpaired) electrons. The van der Waals surface area contributed by atoms with E-state index in [1.165, 1.54) is 31.9 Å². The van der Waals surface area contributed by atoms with Crippen LogP contribution in [-0.4, -0.2) is 127 Å². The van der Waals surface area contributed by atoms with Crippen molar-refractivity contribution in [3.05, 3.63) is 118 Å². The number of hydrogen-bond acceptors (Lipinski definition) is 18. The highest BCUT2D eigenvalue weighted by molar-refractivity contribution is 5.86. The molecule has 0 bridgehead atoms. The van der Waals surface area contributed by atoms with Crippen LogP contribution in [0.5, 0.6) is 11.5 Å². The molecule has 2 aliphatic rings. The molecule has 6 heterocycles. The van der Waals surface area contributed by atoms with Gasteiger partial charge in [0.05, 0.1) is 70.3 Å². The van der Waals surface area contributed by atoms with Crippen LogP contribution in [0, 0.1) is 20.2 Å². The quantitative estimate of drug-likeness (QED) is 0.0688. The molecule has 8 aromatic rings. The van der Waals surface area contributed by atoms with Gasteiger partial charge in [-0.2, -0.15) is 10.2 Å². The lowest BCUT2D eigenvalue weighted by atomic mass is 10.0. The Morgan fingerprint density at radius 2 is 1.09 bits per heavy atom. The fourth-order valence-electron chi connectivity index (χ4n) is 9.75. The summed E-state index contributed by atoms with van der Waals surface area (Å²) in [6, 6.07) is 22.2. The van der Waals surface area contributed by atoms with Crippen molar-refractivity contribution in [2.24, 2.45) is 14.1 Å². The Bertz CT molecular complexity index is 3400. The first kappa shape index (κ1) is 50.9. The second-order valence-corrected chi connectivity index (χ2v) is 18.4. The Hall–Kier alpha value is -8.99. The van der Waals surface area contributed by atoms with Crippen molar-refractivity contribution in [3.8, 4) is 34.0 Å². The predicted octanol–water partition coefficient (Wildman–Crippen LogP) is 8.02. The molecule has 2 fully saturated rings. The summed E-state index contributed by atoms with van der Waals surface area (Å²) in [5, 5.41) is 44.4. The molecule has 2 saturated heterocycles.